The van der Waals surface area contributed by atoms with Crippen LogP contribution in [0, 0.1) is 11.8 Å². The molecule has 4 nitrogen and oxygen atoms in total. The molecule has 3 unspecified atom stereocenters. The van der Waals surface area contributed by atoms with Gasteiger partial charge in [0.25, 0.3) is 0 Å². The van der Waals surface area contributed by atoms with Crippen LogP contribution in [0.15, 0.2) is 0 Å². The van der Waals surface area contributed by atoms with E-state index < -0.39 is 0 Å². The normalized spacial score (nSPS) is 29.5. The van der Waals surface area contributed by atoms with Gasteiger partial charge < -0.3 is 10.2 Å². The van der Waals surface area contributed by atoms with Crippen molar-refractivity contribution in [3.63, 3.8) is 0 Å². The minimum absolute atomic E-state index is 0.0202. The number of piperazine rings is 1. The molecule has 0 spiro atoms. The number of thioether (sulfide) groups is 1. The minimum Gasteiger partial charge on any atom is -0.342 e. The Morgan fingerprint density at radius 2 is 1.95 bits per heavy atom. The molecule has 2 amide bonds. The van der Waals surface area contributed by atoms with Crippen LogP contribution in [0.3, 0.4) is 0 Å². The summed E-state index contributed by atoms with van der Waals surface area (Å²) < 4.78 is 0.195. The van der Waals surface area contributed by atoms with Gasteiger partial charge in [-0.1, -0.05) is 34.1 Å². The van der Waals surface area contributed by atoms with E-state index in [4.69, 9.17) is 0 Å². The first kappa shape index (κ1) is 16.7. The fourth-order valence-electron chi connectivity index (χ4n) is 3.09. The monoisotopic (exact) mass is 312 g/mol. The van der Waals surface area contributed by atoms with Crippen molar-refractivity contribution in [1.82, 2.24) is 10.2 Å². The third-order valence-electron chi connectivity index (χ3n) is 4.99. The van der Waals surface area contributed by atoms with E-state index in [-0.39, 0.29) is 40.5 Å². The molecule has 1 heterocycles. The Balaban J connectivity index is 2.24. The summed E-state index contributed by atoms with van der Waals surface area (Å²) in [6.07, 6.45) is 5.30. The number of amides is 2. The topological polar surface area (TPSA) is 49.4 Å². The van der Waals surface area contributed by atoms with Crippen LogP contribution in [-0.4, -0.2) is 46.3 Å². The molecule has 3 atom stereocenters. The average molecular weight is 312 g/mol. The smallest absolute Gasteiger partial charge is 0.246 e. The minimum atomic E-state index is -0.352. The van der Waals surface area contributed by atoms with Crippen molar-refractivity contribution < 1.29 is 9.59 Å². The Labute approximate surface area is 132 Å². The van der Waals surface area contributed by atoms with Crippen molar-refractivity contribution in [2.45, 2.75) is 63.8 Å². The second-order valence-corrected chi connectivity index (χ2v) is 8.19. The van der Waals surface area contributed by atoms with E-state index in [1.807, 2.05) is 37.4 Å². The highest BCUT2D eigenvalue weighted by Crippen LogP contribution is 2.48. The lowest BCUT2D eigenvalue weighted by Crippen LogP contribution is -2.67. The lowest BCUT2D eigenvalue weighted by atomic mass is 9.90. The molecular weight excluding hydrogens is 284 g/mol. The summed E-state index contributed by atoms with van der Waals surface area (Å²) in [5.74, 6) is 0.459. The van der Waals surface area contributed by atoms with Gasteiger partial charge in [0.1, 0.15) is 12.1 Å². The second kappa shape index (κ2) is 6.19. The molecule has 1 aliphatic carbocycles. The van der Waals surface area contributed by atoms with Crippen LogP contribution in [0.1, 0.15) is 47.0 Å². The highest BCUT2D eigenvalue weighted by atomic mass is 32.2. The SMILES string of the molecule is CCC(C)C1NC(=O)C(C(C)C)N(CC2(SC)CC2)C1=O. The molecule has 0 aromatic heterocycles. The van der Waals surface area contributed by atoms with Crippen LogP contribution in [-0.2, 0) is 9.59 Å². The van der Waals surface area contributed by atoms with Crippen LogP contribution in [0.4, 0.5) is 0 Å². The van der Waals surface area contributed by atoms with Crippen molar-refractivity contribution in [2.24, 2.45) is 11.8 Å². The number of hydrogen-bond acceptors (Lipinski definition) is 3. The fourth-order valence-corrected chi connectivity index (χ4v) is 3.87. The van der Waals surface area contributed by atoms with Gasteiger partial charge in [-0.2, -0.15) is 11.8 Å². The first-order valence-electron chi connectivity index (χ1n) is 8.01. The van der Waals surface area contributed by atoms with Crippen LogP contribution in [0.25, 0.3) is 0 Å². The van der Waals surface area contributed by atoms with Gasteiger partial charge >= 0.3 is 0 Å². The first-order valence-corrected chi connectivity index (χ1v) is 9.23. The van der Waals surface area contributed by atoms with Gasteiger partial charge in [0, 0.05) is 11.3 Å². The van der Waals surface area contributed by atoms with E-state index >= 15 is 0 Å². The van der Waals surface area contributed by atoms with E-state index in [0.29, 0.717) is 0 Å². The number of nitrogens with zero attached hydrogens (tertiary/aromatic N) is 1. The zero-order valence-corrected chi connectivity index (χ0v) is 14.6. The molecule has 2 fully saturated rings. The number of carbonyl (C=O) groups is 2. The third kappa shape index (κ3) is 3.22. The van der Waals surface area contributed by atoms with Crippen LogP contribution in [0.2, 0.25) is 0 Å². The zero-order valence-electron chi connectivity index (χ0n) is 13.8. The molecule has 0 bridgehead atoms. The number of nitrogens with one attached hydrogen (secondary N) is 1. The van der Waals surface area contributed by atoms with E-state index in [0.717, 1.165) is 25.8 Å². The molecule has 1 saturated heterocycles. The van der Waals surface area contributed by atoms with Gasteiger partial charge in [-0.3, -0.25) is 9.59 Å². The molecular formula is C16H28N2O2S. The summed E-state index contributed by atoms with van der Waals surface area (Å²) in [6.45, 7) is 8.86. The van der Waals surface area contributed by atoms with E-state index in [9.17, 15) is 9.59 Å². The highest BCUT2D eigenvalue weighted by Gasteiger charge is 2.50. The zero-order chi connectivity index (χ0) is 15.8. The van der Waals surface area contributed by atoms with Gasteiger partial charge in [-0.25, -0.2) is 0 Å². The second-order valence-electron chi connectivity index (χ2n) is 6.91. The summed E-state index contributed by atoms with van der Waals surface area (Å²) >= 11 is 1.84. The molecule has 0 aromatic carbocycles. The number of carbonyl (C=O) groups excluding carboxylic acids is 2. The molecule has 1 N–H and O–H groups in total. The van der Waals surface area contributed by atoms with E-state index in [1.165, 1.54) is 0 Å². The van der Waals surface area contributed by atoms with Gasteiger partial charge in [0.05, 0.1) is 0 Å². The maximum atomic E-state index is 12.9. The van der Waals surface area contributed by atoms with Gasteiger partial charge in [0.2, 0.25) is 11.8 Å². The number of hydrogen-bond donors (Lipinski definition) is 1. The standard InChI is InChI=1S/C16H28N2O2S/c1-6-11(4)12-15(20)18(9-16(21-5)7-8-16)13(10(2)3)14(19)17-12/h10-13H,6-9H2,1-5H3,(H,17,19). The molecule has 120 valence electrons. The van der Waals surface area contributed by atoms with E-state index in [2.05, 4.69) is 18.5 Å². The maximum Gasteiger partial charge on any atom is 0.246 e. The molecule has 1 saturated carbocycles. The van der Waals surface area contributed by atoms with Crippen molar-refractivity contribution in [3.8, 4) is 0 Å². The molecule has 0 aromatic rings. The Morgan fingerprint density at radius 1 is 1.33 bits per heavy atom. The van der Waals surface area contributed by atoms with Gasteiger partial charge in [-0.05, 0) is 30.9 Å². The summed E-state index contributed by atoms with van der Waals surface area (Å²) in [7, 11) is 0. The number of rotatable bonds is 6. The van der Waals surface area contributed by atoms with Crippen LogP contribution >= 0.6 is 11.8 Å². The molecule has 2 aliphatic rings. The van der Waals surface area contributed by atoms with Gasteiger partial charge in [-0.15, -0.1) is 0 Å². The Bertz CT molecular complexity index is 421. The summed E-state index contributed by atoms with van der Waals surface area (Å²) in [5.41, 5.74) is 0. The molecule has 0 radical (unpaired) electrons. The lowest BCUT2D eigenvalue weighted by Gasteiger charge is -2.43. The quantitative estimate of drug-likeness (QED) is 0.818. The van der Waals surface area contributed by atoms with Gasteiger partial charge in [0.15, 0.2) is 0 Å². The Kier molecular flexibility index (Phi) is 4.91. The third-order valence-corrected chi connectivity index (χ3v) is 6.40. The Hall–Kier alpha value is -0.710. The summed E-state index contributed by atoms with van der Waals surface area (Å²) in [6, 6.07) is -0.669. The lowest BCUT2D eigenvalue weighted by molar-refractivity contribution is -0.152. The molecule has 1 aliphatic heterocycles. The van der Waals surface area contributed by atoms with Crippen molar-refractivity contribution in [1.29, 1.82) is 0 Å². The summed E-state index contributed by atoms with van der Waals surface area (Å²) in [4.78, 5) is 27.3. The predicted molar refractivity (Wildman–Crippen MR) is 87.2 cm³/mol. The fraction of sp³-hybridized carbons (Fsp3) is 0.875. The molecule has 2 rings (SSSR count). The molecule has 21 heavy (non-hydrogen) atoms. The first-order chi connectivity index (χ1) is 9.85. The average Bonchev–Trinajstić information content (AvgIpc) is 3.21. The summed E-state index contributed by atoms with van der Waals surface area (Å²) in [5, 5.41) is 2.97. The van der Waals surface area contributed by atoms with Crippen molar-refractivity contribution in [2.75, 3.05) is 12.8 Å². The molecule has 5 heteroatoms. The van der Waals surface area contributed by atoms with Crippen LogP contribution in [0.5, 0.6) is 0 Å². The van der Waals surface area contributed by atoms with Crippen LogP contribution < -0.4 is 5.32 Å². The Morgan fingerprint density at radius 3 is 2.38 bits per heavy atom. The van der Waals surface area contributed by atoms with Crippen molar-refractivity contribution in [3.05, 3.63) is 0 Å². The van der Waals surface area contributed by atoms with E-state index in [1.54, 1.807) is 0 Å². The predicted octanol–water partition coefficient (Wildman–Crippen LogP) is 2.28. The maximum absolute atomic E-state index is 12.9. The van der Waals surface area contributed by atoms with Crippen molar-refractivity contribution >= 4 is 23.6 Å². The largest absolute Gasteiger partial charge is 0.342 e. The highest BCUT2D eigenvalue weighted by molar-refractivity contribution is 8.00.